The summed E-state index contributed by atoms with van der Waals surface area (Å²) in [6.07, 6.45) is 1.05. The maximum atomic E-state index is 3.30. The van der Waals surface area contributed by atoms with Crippen molar-refractivity contribution in [1.82, 2.24) is 0 Å². The molecule has 0 radical (unpaired) electrons. The zero-order chi connectivity index (χ0) is 8.67. The standard InChI is InChI=1S/C13H9.3FH.Ti/c1-3-7-12-10(5-1)9-11-6-2-4-8-13(11)12;;;;/h1-5,7-8H,9H2;3*1H;/q-1;;;;+4/p-3. The number of benzene rings is 2. The van der Waals surface area contributed by atoms with Gasteiger partial charge in [0.25, 0.3) is 0 Å². The summed E-state index contributed by atoms with van der Waals surface area (Å²) in [5.74, 6) is 0. The van der Waals surface area contributed by atoms with E-state index >= 15 is 0 Å². The second kappa shape index (κ2) is 7.31. The van der Waals surface area contributed by atoms with Crippen LogP contribution in [-0.4, -0.2) is 0 Å². The van der Waals surface area contributed by atoms with Gasteiger partial charge in [-0.1, -0.05) is 35.4 Å². The molecule has 0 unspecified atom stereocenters. The summed E-state index contributed by atoms with van der Waals surface area (Å²) >= 11 is 0. The molecule has 1 aliphatic carbocycles. The van der Waals surface area contributed by atoms with E-state index in [1.807, 2.05) is 6.07 Å². The maximum absolute atomic E-state index is 3.30. The van der Waals surface area contributed by atoms with Crippen LogP contribution in [0.5, 0.6) is 0 Å². The molecule has 2 aromatic rings. The summed E-state index contributed by atoms with van der Waals surface area (Å²) in [5.41, 5.74) is 5.51. The van der Waals surface area contributed by atoms with E-state index in [9.17, 15) is 0 Å². The first-order chi connectivity index (χ1) is 6.45. The summed E-state index contributed by atoms with van der Waals surface area (Å²) in [4.78, 5) is 0. The van der Waals surface area contributed by atoms with Crippen molar-refractivity contribution in [3.63, 3.8) is 0 Å². The molecule has 0 bridgehead atoms. The van der Waals surface area contributed by atoms with Crippen LogP contribution in [0.4, 0.5) is 0 Å². The molecule has 0 heterocycles. The van der Waals surface area contributed by atoms with Crippen LogP contribution in [0.3, 0.4) is 0 Å². The van der Waals surface area contributed by atoms with Gasteiger partial charge in [0.05, 0.1) is 0 Å². The van der Waals surface area contributed by atoms with Crippen LogP contribution in [0, 0.1) is 6.07 Å². The van der Waals surface area contributed by atoms with Crippen molar-refractivity contribution in [2.75, 3.05) is 0 Å². The molecule has 0 N–H and O–H groups in total. The van der Waals surface area contributed by atoms with Crippen LogP contribution >= 0.6 is 0 Å². The molecule has 0 saturated heterocycles. The Bertz CT molecular complexity index is 428. The van der Waals surface area contributed by atoms with Gasteiger partial charge in [-0.3, -0.25) is 0 Å². The summed E-state index contributed by atoms with van der Waals surface area (Å²) in [5, 5.41) is 0. The molecule has 4 heteroatoms. The van der Waals surface area contributed by atoms with Gasteiger partial charge < -0.3 is 14.1 Å². The summed E-state index contributed by atoms with van der Waals surface area (Å²) in [6, 6.07) is 18.1. The first-order valence-electron chi connectivity index (χ1n) is 4.53. The molecule has 1 aliphatic rings. The minimum atomic E-state index is 0. The van der Waals surface area contributed by atoms with Crippen molar-refractivity contribution in [2.45, 2.75) is 6.42 Å². The van der Waals surface area contributed by atoms with Crippen molar-refractivity contribution in [1.29, 1.82) is 0 Å². The fraction of sp³-hybridized carbons (Fsp3) is 0.0769. The van der Waals surface area contributed by atoms with E-state index in [1.165, 1.54) is 22.3 Å². The molecule has 0 saturated carbocycles. The Balaban J connectivity index is 0. The minimum absolute atomic E-state index is 0. The van der Waals surface area contributed by atoms with Crippen LogP contribution in [-0.2, 0) is 28.1 Å². The molecule has 3 rings (SSSR count). The second-order valence-corrected chi connectivity index (χ2v) is 3.40. The number of rotatable bonds is 0. The Hall–Kier alpha value is -1.06. The first-order valence-corrected chi connectivity index (χ1v) is 4.53. The second-order valence-electron chi connectivity index (χ2n) is 3.40. The van der Waals surface area contributed by atoms with E-state index in [0.29, 0.717) is 0 Å². The Kier molecular flexibility index (Phi) is 7.87. The van der Waals surface area contributed by atoms with Gasteiger partial charge in [0.15, 0.2) is 0 Å². The van der Waals surface area contributed by atoms with Gasteiger partial charge in [-0.05, 0) is 6.42 Å². The van der Waals surface area contributed by atoms with Gasteiger partial charge in [-0.2, -0.15) is 29.8 Å². The Labute approximate surface area is 113 Å². The number of halogens is 3. The van der Waals surface area contributed by atoms with Crippen LogP contribution in [0.1, 0.15) is 11.1 Å². The molecular formula is C13H9F3Ti. The Morgan fingerprint density at radius 2 is 1.47 bits per heavy atom. The average Bonchev–Trinajstić information content (AvgIpc) is 2.56. The zero-order valence-electron chi connectivity index (χ0n) is 8.88. The fourth-order valence-electron chi connectivity index (χ4n) is 2.00. The molecule has 0 aromatic heterocycles. The normalized spacial score (nSPS) is 9.41. The smallest absolute Gasteiger partial charge is 1.00 e. The zero-order valence-corrected chi connectivity index (χ0v) is 10.4. The van der Waals surface area contributed by atoms with Crippen LogP contribution in [0.15, 0.2) is 42.5 Å². The molecule has 2 aromatic carbocycles. The number of hydrogen-bond donors (Lipinski definition) is 0. The summed E-state index contributed by atoms with van der Waals surface area (Å²) in [6.45, 7) is 0. The van der Waals surface area contributed by atoms with Crippen LogP contribution in [0.25, 0.3) is 11.1 Å². The molecule has 0 amide bonds. The number of hydrogen-bond acceptors (Lipinski definition) is 0. The van der Waals surface area contributed by atoms with E-state index in [-0.39, 0.29) is 35.8 Å². The third-order valence-corrected chi connectivity index (χ3v) is 2.62. The largest absolute Gasteiger partial charge is 4.00 e. The maximum Gasteiger partial charge on any atom is 4.00 e. The van der Waals surface area contributed by atoms with Gasteiger partial charge in [-0.15, -0.1) is 5.56 Å². The number of fused-ring (bicyclic) bond motifs is 3. The molecule has 0 aliphatic heterocycles. The topological polar surface area (TPSA) is 0 Å². The SMILES string of the molecule is [F-].[F-].[F-].[Ti+4].[c-]1cccc2c1Cc1ccccc1-2. The molecule has 86 valence electrons. The molecule has 0 atom stereocenters. The predicted octanol–water partition coefficient (Wildman–Crippen LogP) is -5.93. The summed E-state index contributed by atoms with van der Waals surface area (Å²) < 4.78 is 0. The van der Waals surface area contributed by atoms with Crippen LogP contribution < -0.4 is 14.1 Å². The van der Waals surface area contributed by atoms with Gasteiger partial charge in [0.2, 0.25) is 0 Å². The van der Waals surface area contributed by atoms with E-state index in [2.05, 4.69) is 42.5 Å². The molecule has 0 nitrogen and oxygen atoms in total. The van der Waals surface area contributed by atoms with Gasteiger partial charge in [0, 0.05) is 0 Å². The quantitative estimate of drug-likeness (QED) is 0.282. The molecule has 0 fully saturated rings. The monoisotopic (exact) mass is 270 g/mol. The third kappa shape index (κ3) is 2.99. The minimum Gasteiger partial charge on any atom is -1.00 e. The first kappa shape index (κ1) is 18.3. The van der Waals surface area contributed by atoms with Gasteiger partial charge in [0.1, 0.15) is 0 Å². The Morgan fingerprint density at radius 3 is 2.24 bits per heavy atom. The van der Waals surface area contributed by atoms with E-state index < -0.39 is 0 Å². The van der Waals surface area contributed by atoms with Crippen molar-refractivity contribution in [3.05, 3.63) is 59.7 Å². The molecular weight excluding hydrogens is 261 g/mol. The van der Waals surface area contributed by atoms with Crippen LogP contribution in [0.2, 0.25) is 0 Å². The Morgan fingerprint density at radius 1 is 0.824 bits per heavy atom. The average molecular weight is 270 g/mol. The van der Waals surface area contributed by atoms with E-state index in [0.717, 1.165) is 6.42 Å². The van der Waals surface area contributed by atoms with Crippen molar-refractivity contribution in [3.8, 4) is 11.1 Å². The summed E-state index contributed by atoms with van der Waals surface area (Å²) in [7, 11) is 0. The predicted molar refractivity (Wildman–Crippen MR) is 53.5 cm³/mol. The fourth-order valence-corrected chi connectivity index (χ4v) is 2.00. The third-order valence-electron chi connectivity index (χ3n) is 2.62. The van der Waals surface area contributed by atoms with Gasteiger partial charge >= 0.3 is 21.7 Å². The van der Waals surface area contributed by atoms with Crippen molar-refractivity contribution >= 4 is 0 Å². The van der Waals surface area contributed by atoms with E-state index in [1.54, 1.807) is 0 Å². The van der Waals surface area contributed by atoms with E-state index in [4.69, 9.17) is 0 Å². The molecule has 17 heavy (non-hydrogen) atoms. The molecule has 0 spiro atoms. The van der Waals surface area contributed by atoms with Crippen molar-refractivity contribution in [2.24, 2.45) is 0 Å². The van der Waals surface area contributed by atoms with Gasteiger partial charge in [-0.25, -0.2) is 0 Å². The van der Waals surface area contributed by atoms with Crippen molar-refractivity contribution < 1.29 is 35.8 Å².